The molecule has 0 heterocycles. The monoisotopic (exact) mass is 283 g/mol. The second-order valence-electron chi connectivity index (χ2n) is 7.85. The zero-order valence-electron chi connectivity index (χ0n) is 12.9. The topological polar surface area (TPSA) is 104 Å². The Kier molecular flexibility index (Phi) is 4.15. The van der Waals surface area contributed by atoms with Gasteiger partial charge in [-0.2, -0.15) is 0 Å². The molecule has 0 spiro atoms. The number of carbonyl (C=O) groups excluding carboxylic acids is 1. The van der Waals surface area contributed by atoms with Crippen LogP contribution in [-0.4, -0.2) is 17.1 Å². The molecule has 4 bridgehead atoms. The van der Waals surface area contributed by atoms with Crippen molar-refractivity contribution in [2.24, 2.45) is 41.1 Å². The predicted molar refractivity (Wildman–Crippen MR) is 78.2 cm³/mol. The summed E-state index contributed by atoms with van der Waals surface area (Å²) in [5, 5.41) is 0. The van der Waals surface area contributed by atoms with Crippen LogP contribution in [0.3, 0.4) is 0 Å². The second-order valence-corrected chi connectivity index (χ2v) is 7.85. The van der Waals surface area contributed by atoms with E-state index in [1.165, 1.54) is 19.3 Å². The van der Waals surface area contributed by atoms with E-state index in [2.05, 4.69) is 11.7 Å². The van der Waals surface area contributed by atoms with E-state index >= 15 is 0 Å². The minimum atomic E-state index is -0.401. The lowest BCUT2D eigenvalue weighted by atomic mass is 9.48. The fourth-order valence-electron chi connectivity index (χ4n) is 4.90. The van der Waals surface area contributed by atoms with Crippen LogP contribution in [0.1, 0.15) is 52.9 Å². The van der Waals surface area contributed by atoms with Crippen molar-refractivity contribution in [2.45, 2.75) is 64.0 Å². The summed E-state index contributed by atoms with van der Waals surface area (Å²) in [7, 11) is 0. The van der Waals surface area contributed by atoms with E-state index in [1.54, 1.807) is 0 Å². The van der Waals surface area contributed by atoms with Gasteiger partial charge in [-0.3, -0.25) is 16.5 Å². The van der Waals surface area contributed by atoms with Crippen LogP contribution in [0.5, 0.6) is 0 Å². The van der Waals surface area contributed by atoms with Crippen LogP contribution in [0.2, 0.25) is 0 Å². The standard InChI is InChI=1S/C15H25NO2.H4N2/c1-14(2,3)18-13(17)12-11-5-9-4-10(6-11)8-15(12,16)7-9;1-2/h9-12H,4-8,16H2,1-3H3;1-2H2. The number of rotatable bonds is 1. The van der Waals surface area contributed by atoms with Gasteiger partial charge in [-0.15, -0.1) is 0 Å². The number of esters is 1. The highest BCUT2D eigenvalue weighted by Gasteiger charge is 2.58. The Morgan fingerprint density at radius 3 is 2.00 bits per heavy atom. The minimum absolute atomic E-state index is 0.0474. The molecule has 0 aromatic heterocycles. The third-order valence-electron chi connectivity index (χ3n) is 5.03. The molecule has 4 rings (SSSR count). The number of hydrogen-bond donors (Lipinski definition) is 3. The smallest absolute Gasteiger partial charge is 0.311 e. The van der Waals surface area contributed by atoms with Crippen LogP contribution in [0.25, 0.3) is 0 Å². The summed E-state index contributed by atoms with van der Waals surface area (Å²) in [4.78, 5) is 12.5. The molecule has 0 aromatic carbocycles. The Morgan fingerprint density at radius 2 is 1.60 bits per heavy atom. The molecule has 0 aliphatic heterocycles. The van der Waals surface area contributed by atoms with E-state index in [4.69, 9.17) is 10.5 Å². The van der Waals surface area contributed by atoms with Crippen molar-refractivity contribution in [3.63, 3.8) is 0 Å². The van der Waals surface area contributed by atoms with E-state index in [0.717, 1.165) is 24.7 Å². The Morgan fingerprint density at radius 1 is 1.10 bits per heavy atom. The Hall–Kier alpha value is -0.650. The quantitative estimate of drug-likeness (QED) is 0.382. The Labute approximate surface area is 121 Å². The first-order valence-electron chi connectivity index (χ1n) is 7.62. The van der Waals surface area contributed by atoms with Gasteiger partial charge in [-0.25, -0.2) is 0 Å². The molecule has 3 atom stereocenters. The third-order valence-corrected chi connectivity index (χ3v) is 5.03. The van der Waals surface area contributed by atoms with Crippen LogP contribution in [0, 0.1) is 23.7 Å². The molecule has 4 saturated carbocycles. The molecule has 116 valence electrons. The lowest BCUT2D eigenvalue weighted by Gasteiger charge is -2.58. The van der Waals surface area contributed by atoms with Crippen LogP contribution in [0.15, 0.2) is 0 Å². The van der Waals surface area contributed by atoms with Gasteiger partial charge in [0.1, 0.15) is 5.60 Å². The summed E-state index contributed by atoms with van der Waals surface area (Å²) in [6.45, 7) is 5.80. The SMILES string of the molecule is CC(C)(C)OC(=O)C1C2CC3CC(C2)CC1(N)C3.NN. The van der Waals surface area contributed by atoms with Crippen molar-refractivity contribution in [2.75, 3.05) is 0 Å². The molecule has 4 fully saturated rings. The highest BCUT2D eigenvalue weighted by Crippen LogP contribution is 2.57. The number of carbonyl (C=O) groups is 1. The predicted octanol–water partition coefficient (Wildman–Crippen LogP) is 1.30. The Bertz CT molecular complexity index is 364. The van der Waals surface area contributed by atoms with Gasteiger partial charge in [0, 0.05) is 5.54 Å². The third kappa shape index (κ3) is 2.85. The van der Waals surface area contributed by atoms with E-state index < -0.39 is 5.60 Å². The van der Waals surface area contributed by atoms with Crippen LogP contribution >= 0.6 is 0 Å². The van der Waals surface area contributed by atoms with Crippen molar-refractivity contribution in [3.8, 4) is 0 Å². The molecule has 0 radical (unpaired) electrons. The summed E-state index contributed by atoms with van der Waals surface area (Å²) < 4.78 is 5.61. The summed E-state index contributed by atoms with van der Waals surface area (Å²) in [5.41, 5.74) is 5.92. The maximum absolute atomic E-state index is 12.5. The lowest BCUT2D eigenvalue weighted by Crippen LogP contribution is -2.64. The first-order valence-corrected chi connectivity index (χ1v) is 7.62. The number of nitrogens with two attached hydrogens (primary N) is 3. The van der Waals surface area contributed by atoms with E-state index in [-0.39, 0.29) is 17.4 Å². The van der Waals surface area contributed by atoms with Crippen LogP contribution < -0.4 is 17.4 Å². The molecule has 6 N–H and O–H groups in total. The summed E-state index contributed by atoms with van der Waals surface area (Å²) in [6.07, 6.45) is 5.79. The van der Waals surface area contributed by atoms with Crippen molar-refractivity contribution in [1.29, 1.82) is 0 Å². The van der Waals surface area contributed by atoms with Gasteiger partial charge in [0.25, 0.3) is 0 Å². The van der Waals surface area contributed by atoms with Gasteiger partial charge in [-0.05, 0) is 70.6 Å². The molecule has 0 aromatic rings. The second kappa shape index (κ2) is 5.28. The molecule has 20 heavy (non-hydrogen) atoms. The maximum atomic E-state index is 12.5. The highest BCUT2D eigenvalue weighted by molar-refractivity contribution is 5.75. The van der Waals surface area contributed by atoms with Gasteiger partial charge in [-0.1, -0.05) is 0 Å². The lowest BCUT2D eigenvalue weighted by molar-refractivity contribution is -0.175. The average Bonchev–Trinajstić information content (AvgIpc) is 2.25. The molecule has 5 nitrogen and oxygen atoms in total. The van der Waals surface area contributed by atoms with Crippen molar-refractivity contribution in [1.82, 2.24) is 0 Å². The highest BCUT2D eigenvalue weighted by atomic mass is 16.6. The first-order chi connectivity index (χ1) is 9.27. The number of ether oxygens (including phenoxy) is 1. The summed E-state index contributed by atoms with van der Waals surface area (Å²) in [5.74, 6) is 9.92. The van der Waals surface area contributed by atoms with Gasteiger partial charge >= 0.3 is 5.97 Å². The first kappa shape index (κ1) is 15.7. The molecule has 0 saturated heterocycles. The fraction of sp³-hybridized carbons (Fsp3) is 0.933. The molecule has 3 unspecified atom stereocenters. The Balaban J connectivity index is 0.000000704. The van der Waals surface area contributed by atoms with Gasteiger partial charge < -0.3 is 10.5 Å². The number of hydrazine groups is 1. The molecule has 4 aliphatic carbocycles. The van der Waals surface area contributed by atoms with Crippen molar-refractivity contribution >= 4 is 5.97 Å². The molecule has 5 heteroatoms. The van der Waals surface area contributed by atoms with Crippen molar-refractivity contribution < 1.29 is 9.53 Å². The largest absolute Gasteiger partial charge is 0.460 e. The van der Waals surface area contributed by atoms with E-state index in [9.17, 15) is 4.79 Å². The molecular formula is C15H29N3O2. The van der Waals surface area contributed by atoms with E-state index in [1.807, 2.05) is 20.8 Å². The molecular weight excluding hydrogens is 254 g/mol. The average molecular weight is 283 g/mol. The van der Waals surface area contributed by atoms with Crippen LogP contribution in [-0.2, 0) is 9.53 Å². The van der Waals surface area contributed by atoms with Gasteiger partial charge in [0.2, 0.25) is 0 Å². The maximum Gasteiger partial charge on any atom is 0.311 e. The molecule has 4 aliphatic rings. The van der Waals surface area contributed by atoms with E-state index in [0.29, 0.717) is 5.92 Å². The molecule has 0 amide bonds. The normalized spacial score (nSPS) is 41.9. The van der Waals surface area contributed by atoms with Crippen LogP contribution in [0.4, 0.5) is 0 Å². The minimum Gasteiger partial charge on any atom is -0.460 e. The van der Waals surface area contributed by atoms with Gasteiger partial charge in [0.05, 0.1) is 5.92 Å². The number of hydrogen-bond acceptors (Lipinski definition) is 5. The van der Waals surface area contributed by atoms with Gasteiger partial charge in [0.15, 0.2) is 0 Å². The fourth-order valence-corrected chi connectivity index (χ4v) is 4.90. The summed E-state index contributed by atoms with van der Waals surface area (Å²) in [6, 6.07) is 0. The van der Waals surface area contributed by atoms with Crippen molar-refractivity contribution in [3.05, 3.63) is 0 Å². The zero-order valence-corrected chi connectivity index (χ0v) is 12.9. The summed E-state index contributed by atoms with van der Waals surface area (Å²) >= 11 is 0. The zero-order chi connectivity index (χ0) is 15.1.